The van der Waals surface area contributed by atoms with Crippen molar-refractivity contribution < 1.29 is 13.5 Å². The van der Waals surface area contributed by atoms with Crippen LogP contribution in [0, 0.1) is 0 Å². The SMILES string of the molecule is Nc1ccc(S(=O)(=O)N2CCCN(CCO)CC2)c(Br)c1. The van der Waals surface area contributed by atoms with Crippen molar-refractivity contribution in [2.45, 2.75) is 11.3 Å². The second-order valence-electron chi connectivity index (χ2n) is 5.01. The van der Waals surface area contributed by atoms with Crippen molar-refractivity contribution in [2.75, 3.05) is 45.1 Å². The smallest absolute Gasteiger partial charge is 0.244 e. The summed E-state index contributed by atoms with van der Waals surface area (Å²) in [6, 6.07) is 4.72. The molecule has 0 aromatic heterocycles. The average Bonchev–Trinajstić information content (AvgIpc) is 2.65. The Kier molecular flexibility index (Phi) is 5.61. The van der Waals surface area contributed by atoms with Gasteiger partial charge in [-0.3, -0.25) is 4.90 Å². The molecule has 21 heavy (non-hydrogen) atoms. The van der Waals surface area contributed by atoms with Crippen LogP contribution in [0.3, 0.4) is 0 Å². The number of nitrogen functional groups attached to an aromatic ring is 1. The van der Waals surface area contributed by atoms with Crippen LogP contribution in [-0.2, 0) is 10.0 Å². The Hall–Kier alpha value is -0.670. The van der Waals surface area contributed by atoms with E-state index in [1.165, 1.54) is 10.4 Å². The van der Waals surface area contributed by atoms with E-state index >= 15 is 0 Å². The lowest BCUT2D eigenvalue weighted by molar-refractivity contribution is 0.202. The first-order valence-electron chi connectivity index (χ1n) is 6.83. The van der Waals surface area contributed by atoms with Crippen LogP contribution in [0.25, 0.3) is 0 Å². The highest BCUT2D eigenvalue weighted by Crippen LogP contribution is 2.27. The summed E-state index contributed by atoms with van der Waals surface area (Å²) in [5.74, 6) is 0. The number of nitrogens with two attached hydrogens (primary N) is 1. The lowest BCUT2D eigenvalue weighted by atomic mass is 10.3. The average molecular weight is 378 g/mol. The molecule has 1 aromatic carbocycles. The topological polar surface area (TPSA) is 86.9 Å². The number of β-amino-alcohol motifs (C(OH)–C–C–N with tert-alkyl or cyclic N) is 1. The van der Waals surface area contributed by atoms with Gasteiger partial charge in [-0.05, 0) is 47.1 Å². The van der Waals surface area contributed by atoms with E-state index in [4.69, 9.17) is 10.8 Å². The minimum atomic E-state index is -3.53. The monoisotopic (exact) mass is 377 g/mol. The van der Waals surface area contributed by atoms with Gasteiger partial charge in [-0.15, -0.1) is 0 Å². The third-order valence-corrected chi connectivity index (χ3v) is 6.41. The molecule has 1 aliphatic rings. The highest BCUT2D eigenvalue weighted by molar-refractivity contribution is 9.10. The van der Waals surface area contributed by atoms with Crippen LogP contribution >= 0.6 is 15.9 Å². The van der Waals surface area contributed by atoms with Gasteiger partial charge in [0.15, 0.2) is 0 Å². The lowest BCUT2D eigenvalue weighted by Crippen LogP contribution is -2.36. The number of aliphatic hydroxyl groups is 1. The first kappa shape index (κ1) is 16.7. The van der Waals surface area contributed by atoms with Gasteiger partial charge < -0.3 is 10.8 Å². The number of sulfonamides is 1. The minimum Gasteiger partial charge on any atom is -0.399 e. The van der Waals surface area contributed by atoms with Gasteiger partial charge in [0.2, 0.25) is 10.0 Å². The molecule has 0 saturated carbocycles. The van der Waals surface area contributed by atoms with Crippen molar-refractivity contribution >= 4 is 31.6 Å². The van der Waals surface area contributed by atoms with Gasteiger partial charge in [0.1, 0.15) is 0 Å². The molecule has 0 atom stereocenters. The minimum absolute atomic E-state index is 0.0935. The molecule has 0 radical (unpaired) electrons. The zero-order chi connectivity index (χ0) is 15.5. The number of halogens is 1. The maximum Gasteiger partial charge on any atom is 0.244 e. The Bertz CT molecular complexity index is 594. The third kappa shape index (κ3) is 3.95. The van der Waals surface area contributed by atoms with E-state index in [0.717, 1.165) is 13.0 Å². The van der Waals surface area contributed by atoms with Crippen molar-refractivity contribution in [1.29, 1.82) is 0 Å². The Morgan fingerprint density at radius 3 is 2.67 bits per heavy atom. The molecule has 3 N–H and O–H groups in total. The van der Waals surface area contributed by atoms with Gasteiger partial charge in [0.25, 0.3) is 0 Å². The Morgan fingerprint density at radius 2 is 2.00 bits per heavy atom. The first-order chi connectivity index (χ1) is 9.95. The summed E-state index contributed by atoms with van der Waals surface area (Å²) in [6.07, 6.45) is 0.756. The van der Waals surface area contributed by atoms with Crippen molar-refractivity contribution in [1.82, 2.24) is 9.21 Å². The molecule has 8 heteroatoms. The molecule has 1 heterocycles. The molecule has 118 valence electrons. The molecule has 0 spiro atoms. The first-order valence-corrected chi connectivity index (χ1v) is 9.07. The molecular weight excluding hydrogens is 358 g/mol. The molecule has 0 amide bonds. The molecule has 1 aromatic rings. The summed E-state index contributed by atoms with van der Waals surface area (Å²) in [4.78, 5) is 2.32. The summed E-state index contributed by atoms with van der Waals surface area (Å²) in [5, 5.41) is 8.98. The molecule has 1 fully saturated rings. The maximum absolute atomic E-state index is 12.7. The van der Waals surface area contributed by atoms with E-state index in [1.54, 1.807) is 12.1 Å². The normalized spacial score (nSPS) is 18.6. The third-order valence-electron chi connectivity index (χ3n) is 3.54. The number of aliphatic hydroxyl groups excluding tert-OH is 1. The van der Waals surface area contributed by atoms with Crippen LogP contribution in [0.2, 0.25) is 0 Å². The van der Waals surface area contributed by atoms with Crippen molar-refractivity contribution in [3.05, 3.63) is 22.7 Å². The van der Waals surface area contributed by atoms with Crippen LogP contribution < -0.4 is 5.73 Å². The molecule has 0 aliphatic carbocycles. The van der Waals surface area contributed by atoms with E-state index in [2.05, 4.69) is 20.8 Å². The van der Waals surface area contributed by atoms with Gasteiger partial charge in [0, 0.05) is 36.3 Å². The fourth-order valence-corrected chi connectivity index (χ4v) is 4.94. The number of rotatable bonds is 4. The maximum atomic E-state index is 12.7. The van der Waals surface area contributed by atoms with Crippen LogP contribution in [-0.4, -0.2) is 62.1 Å². The summed E-state index contributed by atoms with van der Waals surface area (Å²) in [6.45, 7) is 3.03. The van der Waals surface area contributed by atoms with Crippen LogP contribution in [0.4, 0.5) is 5.69 Å². The predicted octanol–water partition coefficient (Wildman–Crippen LogP) is 0.720. The van der Waals surface area contributed by atoms with E-state index in [1.807, 2.05) is 0 Å². The summed E-state index contributed by atoms with van der Waals surface area (Å²) >= 11 is 3.28. The molecule has 2 rings (SSSR count). The van der Waals surface area contributed by atoms with Crippen LogP contribution in [0.15, 0.2) is 27.6 Å². The number of hydrogen-bond donors (Lipinski definition) is 2. The highest BCUT2D eigenvalue weighted by atomic mass is 79.9. The van der Waals surface area contributed by atoms with Crippen molar-refractivity contribution in [2.24, 2.45) is 0 Å². The Balaban J connectivity index is 2.19. The van der Waals surface area contributed by atoms with Gasteiger partial charge >= 0.3 is 0 Å². The van der Waals surface area contributed by atoms with Gasteiger partial charge in [-0.25, -0.2) is 8.42 Å². The van der Waals surface area contributed by atoms with Gasteiger partial charge in [0.05, 0.1) is 11.5 Å². The zero-order valence-corrected chi connectivity index (χ0v) is 14.1. The van der Waals surface area contributed by atoms with Crippen LogP contribution in [0.5, 0.6) is 0 Å². The summed E-state index contributed by atoms with van der Waals surface area (Å²) in [7, 11) is -3.53. The molecule has 1 saturated heterocycles. The lowest BCUT2D eigenvalue weighted by Gasteiger charge is -2.21. The van der Waals surface area contributed by atoms with Crippen molar-refractivity contribution in [3.8, 4) is 0 Å². The second kappa shape index (κ2) is 7.06. The largest absolute Gasteiger partial charge is 0.399 e. The molecule has 0 unspecified atom stereocenters. The summed E-state index contributed by atoms with van der Waals surface area (Å²) in [5.41, 5.74) is 6.18. The summed E-state index contributed by atoms with van der Waals surface area (Å²) < 4.78 is 27.4. The second-order valence-corrected chi connectivity index (χ2v) is 7.77. The predicted molar refractivity (Wildman–Crippen MR) is 85.5 cm³/mol. The molecule has 1 aliphatic heterocycles. The van der Waals surface area contributed by atoms with Gasteiger partial charge in [-0.2, -0.15) is 4.31 Å². The fourth-order valence-electron chi connectivity index (χ4n) is 2.42. The van der Waals surface area contributed by atoms with E-state index < -0.39 is 10.0 Å². The number of nitrogens with zero attached hydrogens (tertiary/aromatic N) is 2. The van der Waals surface area contributed by atoms with E-state index in [9.17, 15) is 8.42 Å². The molecular formula is C13H20BrN3O3S. The van der Waals surface area contributed by atoms with E-state index in [0.29, 0.717) is 36.3 Å². The van der Waals surface area contributed by atoms with Gasteiger partial charge in [-0.1, -0.05) is 0 Å². The highest BCUT2D eigenvalue weighted by Gasteiger charge is 2.28. The van der Waals surface area contributed by atoms with Crippen LogP contribution in [0.1, 0.15) is 6.42 Å². The fraction of sp³-hybridized carbons (Fsp3) is 0.538. The molecule has 6 nitrogen and oxygen atoms in total. The number of benzene rings is 1. The van der Waals surface area contributed by atoms with Crippen molar-refractivity contribution in [3.63, 3.8) is 0 Å². The Morgan fingerprint density at radius 1 is 1.24 bits per heavy atom. The quantitative estimate of drug-likeness (QED) is 0.754. The number of hydrogen-bond acceptors (Lipinski definition) is 5. The molecule has 0 bridgehead atoms. The zero-order valence-electron chi connectivity index (χ0n) is 11.7. The van der Waals surface area contributed by atoms with E-state index in [-0.39, 0.29) is 11.5 Å². The number of anilines is 1. The standard InChI is InChI=1S/C13H20BrN3O3S/c14-12-10-11(15)2-3-13(12)21(19,20)17-5-1-4-16(6-7-17)8-9-18/h2-3,10,18H,1,4-9,15H2. The Labute approximate surface area is 133 Å².